The zero-order valence-electron chi connectivity index (χ0n) is 9.51. The van der Waals surface area contributed by atoms with Crippen molar-refractivity contribution in [2.45, 2.75) is 58.8 Å². The van der Waals surface area contributed by atoms with Crippen molar-refractivity contribution in [2.24, 2.45) is 5.41 Å². The van der Waals surface area contributed by atoms with Crippen LogP contribution in [-0.4, -0.2) is 6.29 Å². The Morgan fingerprint density at radius 3 is 2.50 bits per heavy atom. The topological polar surface area (TPSA) is 17.1 Å². The summed E-state index contributed by atoms with van der Waals surface area (Å²) in [6.45, 7) is 4.34. The maximum atomic E-state index is 10.2. The molecule has 80 valence electrons. The summed E-state index contributed by atoms with van der Waals surface area (Å²) < 4.78 is 0. The number of aldehydes is 1. The fourth-order valence-electron chi connectivity index (χ4n) is 1.88. The molecule has 1 heteroatoms. The van der Waals surface area contributed by atoms with Crippen molar-refractivity contribution in [3.8, 4) is 0 Å². The summed E-state index contributed by atoms with van der Waals surface area (Å²) in [6, 6.07) is 0. The number of rotatable bonds is 7. The Labute approximate surface area is 87.6 Å². The van der Waals surface area contributed by atoms with Gasteiger partial charge in [-0.1, -0.05) is 18.1 Å². The minimum Gasteiger partial charge on any atom is -0.303 e. The normalized spacial score (nSPS) is 17.6. The van der Waals surface area contributed by atoms with Crippen LogP contribution in [0.1, 0.15) is 58.8 Å². The summed E-state index contributed by atoms with van der Waals surface area (Å²) in [5.41, 5.74) is 2.07. The third-order valence-electron chi connectivity index (χ3n) is 3.18. The van der Waals surface area contributed by atoms with E-state index in [0.29, 0.717) is 5.41 Å². The molecule has 0 N–H and O–H groups in total. The molecule has 1 nitrogen and oxygen atoms in total. The molecule has 0 aliphatic heterocycles. The molecule has 0 aromatic carbocycles. The molecule has 1 fully saturated rings. The molecular formula is C13H22O. The van der Waals surface area contributed by atoms with Crippen molar-refractivity contribution in [3.05, 3.63) is 11.6 Å². The summed E-state index contributed by atoms with van der Waals surface area (Å²) in [6.07, 6.45) is 11.9. The molecule has 0 radical (unpaired) electrons. The predicted molar refractivity (Wildman–Crippen MR) is 60.2 cm³/mol. The number of hydrogen-bond donors (Lipinski definition) is 0. The van der Waals surface area contributed by atoms with E-state index in [-0.39, 0.29) is 0 Å². The summed E-state index contributed by atoms with van der Waals surface area (Å²) in [5.74, 6) is 0. The van der Waals surface area contributed by atoms with E-state index in [4.69, 9.17) is 0 Å². The first-order chi connectivity index (χ1) is 6.68. The second-order valence-corrected chi connectivity index (χ2v) is 4.90. The van der Waals surface area contributed by atoms with Gasteiger partial charge in [-0.3, -0.25) is 0 Å². The quantitative estimate of drug-likeness (QED) is 0.341. The highest BCUT2D eigenvalue weighted by molar-refractivity contribution is 5.48. The van der Waals surface area contributed by atoms with Gasteiger partial charge < -0.3 is 4.79 Å². The van der Waals surface area contributed by atoms with Gasteiger partial charge in [0.15, 0.2) is 0 Å². The highest BCUT2D eigenvalue weighted by Crippen LogP contribution is 2.53. The lowest BCUT2D eigenvalue weighted by Gasteiger charge is -2.11. The van der Waals surface area contributed by atoms with Crippen LogP contribution in [0.25, 0.3) is 0 Å². The molecule has 0 atom stereocenters. The first-order valence-electron chi connectivity index (χ1n) is 5.76. The van der Waals surface area contributed by atoms with Crippen LogP contribution in [0, 0.1) is 5.41 Å². The number of hydrogen-bond acceptors (Lipinski definition) is 1. The van der Waals surface area contributed by atoms with E-state index < -0.39 is 0 Å². The molecule has 0 aromatic rings. The number of unbranched alkanes of at least 4 members (excludes halogenated alkanes) is 2. The van der Waals surface area contributed by atoms with Crippen molar-refractivity contribution in [1.29, 1.82) is 0 Å². The minimum absolute atomic E-state index is 0.639. The molecule has 1 saturated carbocycles. The predicted octanol–water partition coefficient (Wildman–Crippen LogP) is 3.88. The summed E-state index contributed by atoms with van der Waals surface area (Å²) >= 11 is 0. The smallest absolute Gasteiger partial charge is 0.119 e. The second kappa shape index (κ2) is 5.33. The Kier molecular flexibility index (Phi) is 4.37. The first-order valence-corrected chi connectivity index (χ1v) is 5.76. The fourth-order valence-corrected chi connectivity index (χ4v) is 1.88. The van der Waals surface area contributed by atoms with E-state index in [9.17, 15) is 4.79 Å². The first kappa shape index (κ1) is 11.5. The molecule has 0 heterocycles. The highest BCUT2D eigenvalue weighted by Gasteiger charge is 2.40. The molecule has 14 heavy (non-hydrogen) atoms. The van der Waals surface area contributed by atoms with Crippen LogP contribution in [-0.2, 0) is 4.79 Å². The lowest BCUT2D eigenvalue weighted by molar-refractivity contribution is -0.107. The van der Waals surface area contributed by atoms with Gasteiger partial charge in [0.05, 0.1) is 0 Å². The van der Waals surface area contributed by atoms with E-state index in [1.165, 1.54) is 37.7 Å². The maximum Gasteiger partial charge on any atom is 0.119 e. The van der Waals surface area contributed by atoms with E-state index >= 15 is 0 Å². The number of carbonyl (C=O) groups excluding carboxylic acids is 1. The van der Waals surface area contributed by atoms with Gasteiger partial charge in [0, 0.05) is 6.42 Å². The lowest BCUT2D eigenvalue weighted by atomic mass is 9.94. The Morgan fingerprint density at radius 2 is 2.00 bits per heavy atom. The van der Waals surface area contributed by atoms with Crippen LogP contribution >= 0.6 is 0 Å². The molecule has 0 aromatic heterocycles. The largest absolute Gasteiger partial charge is 0.303 e. The Morgan fingerprint density at radius 1 is 1.29 bits per heavy atom. The van der Waals surface area contributed by atoms with Crippen LogP contribution in [0.4, 0.5) is 0 Å². The Balaban J connectivity index is 2.15. The van der Waals surface area contributed by atoms with Crippen molar-refractivity contribution < 1.29 is 4.79 Å². The maximum absolute atomic E-state index is 10.2. The summed E-state index contributed by atoms with van der Waals surface area (Å²) in [4.78, 5) is 10.2. The summed E-state index contributed by atoms with van der Waals surface area (Å²) in [5, 5.41) is 0. The van der Waals surface area contributed by atoms with Crippen LogP contribution in [0.2, 0.25) is 0 Å². The SMILES string of the molecule is CC(C)=CCC1(CCCCC=O)CC1. The molecule has 0 amide bonds. The van der Waals surface area contributed by atoms with Crippen molar-refractivity contribution >= 4 is 6.29 Å². The van der Waals surface area contributed by atoms with Crippen LogP contribution in [0.3, 0.4) is 0 Å². The van der Waals surface area contributed by atoms with Gasteiger partial charge in [0.1, 0.15) is 6.29 Å². The lowest BCUT2D eigenvalue weighted by Crippen LogP contribution is -1.98. The molecule has 0 spiro atoms. The van der Waals surface area contributed by atoms with Crippen LogP contribution in [0.5, 0.6) is 0 Å². The monoisotopic (exact) mass is 194 g/mol. The molecule has 0 bridgehead atoms. The molecule has 1 rings (SSSR count). The molecular weight excluding hydrogens is 172 g/mol. The second-order valence-electron chi connectivity index (χ2n) is 4.90. The Hall–Kier alpha value is -0.590. The van der Waals surface area contributed by atoms with Crippen molar-refractivity contribution in [1.82, 2.24) is 0 Å². The standard InChI is InChI=1S/C13H22O/c1-12(2)6-8-13(9-10-13)7-4-3-5-11-14/h6,11H,3-5,7-10H2,1-2H3. The van der Waals surface area contributed by atoms with E-state index in [2.05, 4.69) is 19.9 Å². The number of carbonyl (C=O) groups is 1. The van der Waals surface area contributed by atoms with Gasteiger partial charge in [-0.25, -0.2) is 0 Å². The number of allylic oxidation sites excluding steroid dienone is 2. The summed E-state index contributed by atoms with van der Waals surface area (Å²) in [7, 11) is 0. The zero-order chi connectivity index (χ0) is 10.4. The van der Waals surface area contributed by atoms with E-state index in [0.717, 1.165) is 19.1 Å². The third-order valence-corrected chi connectivity index (χ3v) is 3.18. The van der Waals surface area contributed by atoms with Crippen molar-refractivity contribution in [2.75, 3.05) is 0 Å². The van der Waals surface area contributed by atoms with E-state index in [1.54, 1.807) is 0 Å². The molecule has 0 saturated heterocycles. The van der Waals surface area contributed by atoms with Gasteiger partial charge in [-0.15, -0.1) is 0 Å². The Bertz CT molecular complexity index is 207. The van der Waals surface area contributed by atoms with Gasteiger partial charge in [0.2, 0.25) is 0 Å². The van der Waals surface area contributed by atoms with E-state index in [1.807, 2.05) is 0 Å². The fraction of sp³-hybridized carbons (Fsp3) is 0.769. The molecule has 1 aliphatic rings. The third kappa shape index (κ3) is 4.08. The highest BCUT2D eigenvalue weighted by atomic mass is 16.1. The zero-order valence-corrected chi connectivity index (χ0v) is 9.51. The minimum atomic E-state index is 0.639. The molecule has 0 unspecified atom stereocenters. The average molecular weight is 194 g/mol. The van der Waals surface area contributed by atoms with Gasteiger partial charge in [-0.2, -0.15) is 0 Å². The average Bonchev–Trinajstić information content (AvgIpc) is 2.91. The van der Waals surface area contributed by atoms with Gasteiger partial charge in [-0.05, 0) is 51.4 Å². The van der Waals surface area contributed by atoms with Gasteiger partial charge in [0.25, 0.3) is 0 Å². The van der Waals surface area contributed by atoms with Crippen LogP contribution < -0.4 is 0 Å². The van der Waals surface area contributed by atoms with Gasteiger partial charge >= 0.3 is 0 Å². The van der Waals surface area contributed by atoms with Crippen molar-refractivity contribution in [3.63, 3.8) is 0 Å². The molecule has 1 aliphatic carbocycles. The van der Waals surface area contributed by atoms with Crippen LogP contribution in [0.15, 0.2) is 11.6 Å².